The van der Waals surface area contributed by atoms with Crippen LogP contribution in [-0.4, -0.2) is 79.1 Å². The summed E-state index contributed by atoms with van der Waals surface area (Å²) in [6.45, 7) is 16.1. The SMILES string of the molecule is COC1C(C)C(OC(C)(C)c2ccccc2)C(O)C1O.COC1C(C)C(OC(C)(C)c2ccccc2)C2OC(C)(C)OC12. The highest BCUT2D eigenvalue weighted by molar-refractivity contribution is 5.22. The number of aliphatic hydroxyl groups is 2. The predicted molar refractivity (Wildman–Crippen MR) is 164 cm³/mol. The largest absolute Gasteiger partial charge is 0.388 e. The average molecular weight is 601 g/mol. The molecule has 2 aromatic carbocycles. The molecule has 1 aliphatic heterocycles. The molecule has 10 unspecified atom stereocenters. The van der Waals surface area contributed by atoms with Crippen molar-refractivity contribution in [3.8, 4) is 0 Å². The summed E-state index contributed by atoms with van der Waals surface area (Å²) in [6.07, 6.45) is -2.97. The summed E-state index contributed by atoms with van der Waals surface area (Å²) in [5.41, 5.74) is 1.25. The van der Waals surface area contributed by atoms with Crippen LogP contribution in [0.5, 0.6) is 0 Å². The molecule has 8 nitrogen and oxygen atoms in total. The summed E-state index contributed by atoms with van der Waals surface area (Å²) in [4.78, 5) is 0. The Morgan fingerprint density at radius 3 is 1.40 bits per heavy atom. The van der Waals surface area contributed by atoms with E-state index in [2.05, 4.69) is 32.9 Å². The van der Waals surface area contributed by atoms with Gasteiger partial charge >= 0.3 is 0 Å². The lowest BCUT2D eigenvalue weighted by Gasteiger charge is -2.34. The van der Waals surface area contributed by atoms with Gasteiger partial charge in [-0.3, -0.25) is 0 Å². The van der Waals surface area contributed by atoms with Crippen molar-refractivity contribution in [2.75, 3.05) is 14.2 Å². The Bertz CT molecular complexity index is 1150. The molecule has 2 aromatic rings. The van der Waals surface area contributed by atoms with Gasteiger partial charge in [0.15, 0.2) is 5.79 Å². The van der Waals surface area contributed by atoms with E-state index in [1.807, 2.05) is 83.1 Å². The number of benzene rings is 2. The van der Waals surface area contributed by atoms with Gasteiger partial charge in [-0.05, 0) is 52.7 Å². The summed E-state index contributed by atoms with van der Waals surface area (Å²) in [6, 6.07) is 20.2. The van der Waals surface area contributed by atoms with Gasteiger partial charge in [-0.1, -0.05) is 74.5 Å². The topological polar surface area (TPSA) is 95.8 Å². The van der Waals surface area contributed by atoms with Gasteiger partial charge in [0.1, 0.15) is 24.4 Å². The van der Waals surface area contributed by atoms with Gasteiger partial charge < -0.3 is 38.6 Å². The first-order valence-electron chi connectivity index (χ1n) is 15.4. The van der Waals surface area contributed by atoms with Crippen LogP contribution >= 0.6 is 0 Å². The Morgan fingerprint density at radius 1 is 0.605 bits per heavy atom. The van der Waals surface area contributed by atoms with E-state index >= 15 is 0 Å². The number of rotatable bonds is 8. The van der Waals surface area contributed by atoms with Crippen molar-refractivity contribution < 1.29 is 38.6 Å². The highest BCUT2D eigenvalue weighted by atomic mass is 16.8. The van der Waals surface area contributed by atoms with Crippen molar-refractivity contribution in [3.05, 3.63) is 71.8 Å². The number of ether oxygens (including phenoxy) is 6. The van der Waals surface area contributed by atoms with Gasteiger partial charge in [-0.25, -0.2) is 0 Å². The van der Waals surface area contributed by atoms with Crippen LogP contribution < -0.4 is 0 Å². The molecule has 0 spiro atoms. The molecule has 3 aliphatic rings. The molecule has 10 atom stereocenters. The third kappa shape index (κ3) is 7.18. The Kier molecular flexibility index (Phi) is 10.5. The molecule has 5 rings (SSSR count). The Hall–Kier alpha value is -1.88. The fourth-order valence-electron chi connectivity index (χ4n) is 6.86. The van der Waals surface area contributed by atoms with Gasteiger partial charge in [0.05, 0.1) is 35.6 Å². The van der Waals surface area contributed by atoms with Gasteiger partial charge in [0.25, 0.3) is 0 Å². The van der Waals surface area contributed by atoms with Crippen LogP contribution in [0, 0.1) is 11.8 Å². The van der Waals surface area contributed by atoms with E-state index in [0.29, 0.717) is 0 Å². The van der Waals surface area contributed by atoms with Crippen LogP contribution in [0.15, 0.2) is 60.7 Å². The maximum atomic E-state index is 10.2. The van der Waals surface area contributed by atoms with Crippen molar-refractivity contribution in [2.24, 2.45) is 11.8 Å². The smallest absolute Gasteiger partial charge is 0.164 e. The van der Waals surface area contributed by atoms with E-state index in [0.717, 1.165) is 11.1 Å². The minimum atomic E-state index is -0.932. The minimum Gasteiger partial charge on any atom is -0.388 e. The van der Waals surface area contributed by atoms with E-state index in [1.54, 1.807) is 14.2 Å². The maximum Gasteiger partial charge on any atom is 0.164 e. The van der Waals surface area contributed by atoms with E-state index < -0.39 is 41.4 Å². The Morgan fingerprint density at radius 2 is 0.977 bits per heavy atom. The molecule has 0 bridgehead atoms. The minimum absolute atomic E-state index is 0.0154. The van der Waals surface area contributed by atoms with Crippen molar-refractivity contribution in [1.29, 1.82) is 0 Å². The third-order valence-electron chi connectivity index (χ3n) is 9.25. The molecule has 1 heterocycles. The summed E-state index contributed by atoms with van der Waals surface area (Å²) in [7, 11) is 3.28. The second-order valence-corrected chi connectivity index (χ2v) is 13.6. The van der Waals surface area contributed by atoms with E-state index in [4.69, 9.17) is 28.4 Å². The zero-order valence-corrected chi connectivity index (χ0v) is 27.4. The lowest BCUT2D eigenvalue weighted by molar-refractivity contribution is -0.201. The zero-order valence-electron chi connectivity index (χ0n) is 27.4. The first kappa shape index (κ1) is 34.0. The monoisotopic (exact) mass is 600 g/mol. The molecule has 8 heteroatoms. The molecule has 43 heavy (non-hydrogen) atoms. The Balaban J connectivity index is 0.000000199. The van der Waals surface area contributed by atoms with Gasteiger partial charge in [0, 0.05) is 26.1 Å². The third-order valence-corrected chi connectivity index (χ3v) is 9.25. The lowest BCUT2D eigenvalue weighted by atomic mass is 9.96. The first-order chi connectivity index (χ1) is 20.1. The summed E-state index contributed by atoms with van der Waals surface area (Å²) in [5, 5.41) is 20.2. The van der Waals surface area contributed by atoms with Crippen LogP contribution in [0.4, 0.5) is 0 Å². The molecule has 2 aliphatic carbocycles. The molecule has 3 fully saturated rings. The standard InChI is InChI=1S/C19H28O4.C16H24O4/c1-12-14(20-6)16-17(23-19(4,5)22-16)15(12)21-18(2,3)13-10-8-7-9-11-13;1-10-14(19-4)12(17)13(18)15(10)20-16(2,3)11-8-6-5-7-9-11/h7-12,14-17H,1-6H3;5-10,12-15,17-18H,1-4H3. The second-order valence-electron chi connectivity index (χ2n) is 13.6. The Labute approximate surface area is 257 Å². The fourth-order valence-corrected chi connectivity index (χ4v) is 6.86. The predicted octanol–water partition coefficient (Wildman–Crippen LogP) is 5.19. The molecular weight excluding hydrogens is 548 g/mol. The van der Waals surface area contributed by atoms with Gasteiger partial charge in [-0.2, -0.15) is 0 Å². The molecule has 2 N–H and O–H groups in total. The summed E-state index contributed by atoms with van der Waals surface area (Å²) >= 11 is 0. The number of hydrogen-bond acceptors (Lipinski definition) is 8. The van der Waals surface area contributed by atoms with Crippen LogP contribution in [-0.2, 0) is 39.6 Å². The molecule has 1 saturated heterocycles. The average Bonchev–Trinajstić information content (AvgIpc) is 3.48. The lowest BCUT2D eigenvalue weighted by Crippen LogP contribution is -2.39. The molecule has 0 amide bonds. The zero-order chi connectivity index (χ0) is 31.7. The molecule has 240 valence electrons. The maximum absolute atomic E-state index is 10.2. The van der Waals surface area contributed by atoms with Crippen LogP contribution in [0.25, 0.3) is 0 Å². The fraction of sp³-hybridized carbons (Fsp3) is 0.657. The van der Waals surface area contributed by atoms with E-state index in [9.17, 15) is 10.2 Å². The molecule has 0 radical (unpaired) electrons. The quantitative estimate of drug-likeness (QED) is 0.428. The number of fused-ring (bicyclic) bond motifs is 1. The molecule has 0 aromatic heterocycles. The number of aliphatic hydroxyl groups excluding tert-OH is 2. The van der Waals surface area contributed by atoms with Crippen molar-refractivity contribution in [2.45, 2.75) is 121 Å². The van der Waals surface area contributed by atoms with Gasteiger partial charge in [0.2, 0.25) is 0 Å². The first-order valence-corrected chi connectivity index (χ1v) is 15.4. The van der Waals surface area contributed by atoms with Crippen LogP contribution in [0.3, 0.4) is 0 Å². The summed E-state index contributed by atoms with van der Waals surface area (Å²) in [5.74, 6) is -0.466. The molecular formula is C35H52O8. The normalized spacial score (nSPS) is 35.3. The number of hydrogen-bond donors (Lipinski definition) is 2. The van der Waals surface area contributed by atoms with Crippen molar-refractivity contribution >= 4 is 0 Å². The highest BCUT2D eigenvalue weighted by Crippen LogP contribution is 2.46. The molecule has 2 saturated carbocycles. The summed E-state index contributed by atoms with van der Waals surface area (Å²) < 4.78 is 35.8. The highest BCUT2D eigenvalue weighted by Gasteiger charge is 2.59. The second kappa shape index (κ2) is 13.2. The van der Waals surface area contributed by atoms with Gasteiger partial charge in [-0.15, -0.1) is 0 Å². The van der Waals surface area contributed by atoms with E-state index in [-0.39, 0.29) is 36.3 Å². The van der Waals surface area contributed by atoms with Crippen molar-refractivity contribution in [1.82, 2.24) is 0 Å². The van der Waals surface area contributed by atoms with Crippen LogP contribution in [0.2, 0.25) is 0 Å². The van der Waals surface area contributed by atoms with E-state index in [1.165, 1.54) is 0 Å². The number of methoxy groups -OCH3 is 2. The van der Waals surface area contributed by atoms with Crippen LogP contribution in [0.1, 0.15) is 66.5 Å². The van der Waals surface area contributed by atoms with Crippen molar-refractivity contribution in [3.63, 3.8) is 0 Å².